The minimum atomic E-state index is -0.112. The molecule has 0 aliphatic heterocycles. The van der Waals surface area contributed by atoms with E-state index < -0.39 is 0 Å². The topological polar surface area (TPSA) is 44.9 Å². The molecule has 4 rings (SSSR count). The highest BCUT2D eigenvalue weighted by molar-refractivity contribution is 6.30. The Morgan fingerprint density at radius 2 is 1.85 bits per heavy atom. The summed E-state index contributed by atoms with van der Waals surface area (Å²) in [7, 11) is 0. The van der Waals surface area contributed by atoms with Crippen LogP contribution in [0.25, 0.3) is 10.9 Å². The Balaban J connectivity index is 1.50. The molecule has 0 spiro atoms. The molecule has 1 aromatic heterocycles. The van der Waals surface area contributed by atoms with E-state index >= 15 is 0 Å². The summed E-state index contributed by atoms with van der Waals surface area (Å²) in [5.41, 5.74) is 3.06. The molecule has 3 aromatic rings. The van der Waals surface area contributed by atoms with Gasteiger partial charge < -0.3 is 10.3 Å². The van der Waals surface area contributed by atoms with Crippen molar-refractivity contribution in [3.8, 4) is 0 Å². The van der Waals surface area contributed by atoms with Gasteiger partial charge >= 0.3 is 0 Å². The van der Waals surface area contributed by atoms with Crippen LogP contribution in [-0.4, -0.2) is 23.4 Å². The highest BCUT2D eigenvalue weighted by atomic mass is 35.5. The van der Waals surface area contributed by atoms with E-state index in [0.717, 1.165) is 47.3 Å². The number of benzene rings is 2. The molecule has 1 aliphatic rings. The summed E-state index contributed by atoms with van der Waals surface area (Å²) in [4.78, 5) is 16.6. The van der Waals surface area contributed by atoms with Crippen molar-refractivity contribution in [2.45, 2.75) is 38.1 Å². The number of nitrogens with one attached hydrogen (secondary N) is 2. The van der Waals surface area contributed by atoms with Crippen LogP contribution in [0.1, 0.15) is 41.6 Å². The number of aromatic amines is 1. The van der Waals surface area contributed by atoms with Gasteiger partial charge in [-0.15, -0.1) is 0 Å². The number of fused-ring (bicyclic) bond motifs is 1. The van der Waals surface area contributed by atoms with E-state index in [9.17, 15) is 4.79 Å². The molecule has 0 amide bonds. The first-order chi connectivity index (χ1) is 13.2. The van der Waals surface area contributed by atoms with Gasteiger partial charge in [-0.05, 0) is 55.5 Å². The van der Waals surface area contributed by atoms with Crippen molar-refractivity contribution in [2.24, 2.45) is 5.92 Å². The lowest BCUT2D eigenvalue weighted by Crippen LogP contribution is -2.43. The molecule has 2 N–H and O–H groups in total. The molecule has 4 heteroatoms. The third-order valence-corrected chi connectivity index (χ3v) is 5.95. The number of hydrogen-bond acceptors (Lipinski definition) is 2. The first kappa shape index (κ1) is 18.3. The normalized spacial score (nSPS) is 16.0. The second kappa shape index (κ2) is 8.28. The van der Waals surface area contributed by atoms with E-state index in [1.807, 2.05) is 42.6 Å². The Morgan fingerprint density at radius 1 is 1.11 bits per heavy atom. The summed E-state index contributed by atoms with van der Waals surface area (Å²) in [6.45, 7) is 0.789. The molecule has 0 saturated heterocycles. The summed E-state index contributed by atoms with van der Waals surface area (Å²) in [5, 5.41) is 5.35. The minimum absolute atomic E-state index is 0.112. The largest absolute Gasteiger partial charge is 0.360 e. The van der Waals surface area contributed by atoms with Crippen molar-refractivity contribution in [2.75, 3.05) is 6.54 Å². The fourth-order valence-electron chi connectivity index (χ4n) is 4.23. The minimum Gasteiger partial charge on any atom is -0.360 e. The van der Waals surface area contributed by atoms with Crippen molar-refractivity contribution in [1.29, 1.82) is 0 Å². The molecule has 27 heavy (non-hydrogen) atoms. The fraction of sp³-hybridized carbons (Fsp3) is 0.348. The number of aromatic nitrogens is 1. The number of H-pyrrole nitrogens is 1. The van der Waals surface area contributed by atoms with E-state index in [2.05, 4.69) is 22.4 Å². The summed E-state index contributed by atoms with van der Waals surface area (Å²) in [6.07, 6.45) is 7.47. The Labute approximate surface area is 165 Å². The van der Waals surface area contributed by atoms with Crippen LogP contribution in [0.4, 0.5) is 0 Å². The Kier molecular flexibility index (Phi) is 5.61. The number of Topliss-reactive ketones (excluding diaryl/α,β-unsaturated/α-hetero) is 1. The summed E-state index contributed by atoms with van der Waals surface area (Å²) < 4.78 is 0. The lowest BCUT2D eigenvalue weighted by Gasteiger charge is -2.23. The highest BCUT2D eigenvalue weighted by Crippen LogP contribution is 2.30. The van der Waals surface area contributed by atoms with Gasteiger partial charge in [0.1, 0.15) is 0 Å². The van der Waals surface area contributed by atoms with Gasteiger partial charge in [0.05, 0.1) is 6.04 Å². The monoisotopic (exact) mass is 380 g/mol. The Hall–Kier alpha value is -2.10. The molecule has 0 radical (unpaired) electrons. The average Bonchev–Trinajstić information content (AvgIpc) is 3.36. The standard InChI is InChI=1S/C23H25ClN2O/c24-18-11-9-16(10-12-18)13-14-25-22(17-5-1-2-6-17)23(27)20-15-26-21-8-4-3-7-19(20)21/h3-4,7-12,15,17,22,25-26H,1-2,5-6,13-14H2. The molecule has 0 bridgehead atoms. The number of para-hydroxylation sites is 1. The maximum atomic E-state index is 13.4. The van der Waals surface area contributed by atoms with Crippen molar-refractivity contribution >= 4 is 28.3 Å². The molecule has 2 aromatic carbocycles. The van der Waals surface area contributed by atoms with Gasteiger partial charge in [0.15, 0.2) is 5.78 Å². The van der Waals surface area contributed by atoms with Crippen molar-refractivity contribution < 1.29 is 4.79 Å². The van der Waals surface area contributed by atoms with Gasteiger partial charge in [0.25, 0.3) is 0 Å². The van der Waals surface area contributed by atoms with Gasteiger partial charge in [-0.2, -0.15) is 0 Å². The van der Waals surface area contributed by atoms with Gasteiger partial charge in [-0.3, -0.25) is 4.79 Å². The van der Waals surface area contributed by atoms with Gasteiger partial charge in [-0.25, -0.2) is 0 Å². The first-order valence-corrected chi connectivity index (χ1v) is 10.2. The summed E-state index contributed by atoms with van der Waals surface area (Å²) in [5.74, 6) is 0.645. The van der Waals surface area contributed by atoms with E-state index in [1.54, 1.807) is 0 Å². The average molecular weight is 381 g/mol. The SMILES string of the molecule is O=C(c1c[nH]c2ccccc12)C(NCCc1ccc(Cl)cc1)C1CCCC1. The van der Waals surface area contributed by atoms with Gasteiger partial charge in [-0.1, -0.05) is 54.8 Å². The molecule has 1 aliphatic carbocycles. The van der Waals surface area contributed by atoms with Gasteiger partial charge in [0.2, 0.25) is 0 Å². The lowest BCUT2D eigenvalue weighted by molar-refractivity contribution is 0.0909. The zero-order chi connectivity index (χ0) is 18.6. The zero-order valence-corrected chi connectivity index (χ0v) is 16.1. The highest BCUT2D eigenvalue weighted by Gasteiger charge is 2.31. The van der Waals surface area contributed by atoms with Crippen LogP contribution in [0.2, 0.25) is 5.02 Å². The second-order valence-electron chi connectivity index (χ2n) is 7.46. The molecule has 1 heterocycles. The maximum absolute atomic E-state index is 13.4. The van der Waals surface area contributed by atoms with Crippen LogP contribution in [0.3, 0.4) is 0 Å². The van der Waals surface area contributed by atoms with Crippen LogP contribution in [-0.2, 0) is 6.42 Å². The molecule has 140 valence electrons. The van der Waals surface area contributed by atoms with E-state index in [4.69, 9.17) is 11.6 Å². The quantitative estimate of drug-likeness (QED) is 0.539. The third-order valence-electron chi connectivity index (χ3n) is 5.70. The second-order valence-corrected chi connectivity index (χ2v) is 7.90. The molecule has 1 fully saturated rings. The molecule has 1 atom stereocenters. The number of carbonyl (C=O) groups excluding carboxylic acids is 1. The number of hydrogen-bond donors (Lipinski definition) is 2. The van der Waals surface area contributed by atoms with Crippen LogP contribution < -0.4 is 5.32 Å². The number of halogens is 1. The maximum Gasteiger partial charge on any atom is 0.182 e. The first-order valence-electron chi connectivity index (χ1n) is 9.80. The molecular formula is C23H25ClN2O. The van der Waals surface area contributed by atoms with Crippen LogP contribution >= 0.6 is 11.6 Å². The van der Waals surface area contributed by atoms with Crippen LogP contribution in [0, 0.1) is 5.92 Å². The van der Waals surface area contributed by atoms with E-state index in [-0.39, 0.29) is 11.8 Å². The molecule has 1 unspecified atom stereocenters. The molecular weight excluding hydrogens is 356 g/mol. The Bertz CT molecular complexity index is 910. The van der Waals surface area contributed by atoms with E-state index in [1.165, 1.54) is 18.4 Å². The predicted molar refractivity (Wildman–Crippen MR) is 112 cm³/mol. The van der Waals surface area contributed by atoms with Crippen molar-refractivity contribution in [3.63, 3.8) is 0 Å². The van der Waals surface area contributed by atoms with Crippen LogP contribution in [0.5, 0.6) is 0 Å². The zero-order valence-electron chi connectivity index (χ0n) is 15.4. The molecule has 1 saturated carbocycles. The fourth-order valence-corrected chi connectivity index (χ4v) is 4.36. The Morgan fingerprint density at radius 3 is 2.63 bits per heavy atom. The van der Waals surface area contributed by atoms with Crippen molar-refractivity contribution in [3.05, 3.63) is 70.9 Å². The molecule has 3 nitrogen and oxygen atoms in total. The van der Waals surface area contributed by atoms with Crippen LogP contribution in [0.15, 0.2) is 54.7 Å². The van der Waals surface area contributed by atoms with E-state index in [0.29, 0.717) is 5.92 Å². The smallest absolute Gasteiger partial charge is 0.182 e. The van der Waals surface area contributed by atoms with Gasteiger partial charge in [0, 0.05) is 27.7 Å². The predicted octanol–water partition coefficient (Wildman–Crippen LogP) is 5.40. The lowest BCUT2D eigenvalue weighted by atomic mass is 9.90. The third kappa shape index (κ3) is 4.10. The summed E-state index contributed by atoms with van der Waals surface area (Å²) >= 11 is 5.97. The summed E-state index contributed by atoms with van der Waals surface area (Å²) in [6, 6.07) is 15.9. The number of rotatable bonds is 7. The number of carbonyl (C=O) groups is 1. The van der Waals surface area contributed by atoms with Crippen molar-refractivity contribution in [1.82, 2.24) is 10.3 Å². The number of ketones is 1.